The summed E-state index contributed by atoms with van der Waals surface area (Å²) in [7, 11) is 0. The van der Waals surface area contributed by atoms with Gasteiger partial charge in [0, 0.05) is 21.8 Å². The Kier molecular flexibility index (Phi) is 6.93. The van der Waals surface area contributed by atoms with Gasteiger partial charge >= 0.3 is 5.97 Å². The van der Waals surface area contributed by atoms with Crippen molar-refractivity contribution in [1.29, 1.82) is 0 Å². The fourth-order valence-corrected chi connectivity index (χ4v) is 4.11. The van der Waals surface area contributed by atoms with Crippen molar-refractivity contribution in [2.75, 3.05) is 13.2 Å². The Labute approximate surface area is 193 Å². The molecule has 0 aliphatic rings. The van der Waals surface area contributed by atoms with Gasteiger partial charge in [-0.25, -0.2) is 4.79 Å². The molecule has 4 rings (SSSR count). The summed E-state index contributed by atoms with van der Waals surface area (Å²) >= 11 is 0. The normalized spacial score (nSPS) is 11.8. The van der Waals surface area contributed by atoms with Crippen LogP contribution in [0.3, 0.4) is 0 Å². The lowest BCUT2D eigenvalue weighted by Gasteiger charge is -2.11. The molecule has 0 saturated heterocycles. The Bertz CT molecular complexity index is 1250. The predicted octanol–water partition coefficient (Wildman–Crippen LogP) is 5.79. The van der Waals surface area contributed by atoms with Crippen LogP contribution in [0.2, 0.25) is 0 Å². The Morgan fingerprint density at radius 3 is 2.27 bits per heavy atom. The van der Waals surface area contributed by atoms with Gasteiger partial charge in [-0.1, -0.05) is 54.9 Å². The van der Waals surface area contributed by atoms with Crippen molar-refractivity contribution >= 4 is 33.5 Å². The highest BCUT2D eigenvalue weighted by Gasteiger charge is 2.11. The molecule has 0 bridgehead atoms. The van der Waals surface area contributed by atoms with Crippen molar-refractivity contribution in [3.63, 3.8) is 0 Å². The molecule has 0 fully saturated rings. The van der Waals surface area contributed by atoms with Gasteiger partial charge in [0.2, 0.25) is 0 Å². The zero-order valence-electron chi connectivity index (χ0n) is 19.0. The van der Waals surface area contributed by atoms with E-state index in [1.54, 1.807) is 6.07 Å². The third-order valence-corrected chi connectivity index (χ3v) is 5.61. The fraction of sp³-hybridized carbons (Fsp3) is 0.259. The molecule has 0 amide bonds. The number of oxime groups is 1. The van der Waals surface area contributed by atoms with E-state index in [2.05, 4.69) is 65.2 Å². The van der Waals surface area contributed by atoms with E-state index in [0.717, 1.165) is 29.7 Å². The molecule has 6 nitrogen and oxygen atoms in total. The van der Waals surface area contributed by atoms with Crippen LogP contribution in [0.15, 0.2) is 71.9 Å². The maximum atomic E-state index is 10.8. The van der Waals surface area contributed by atoms with Crippen molar-refractivity contribution in [2.24, 2.45) is 5.16 Å². The molecule has 0 spiro atoms. The van der Waals surface area contributed by atoms with Crippen LogP contribution < -0.4 is 4.74 Å². The van der Waals surface area contributed by atoms with Crippen LogP contribution in [-0.4, -0.2) is 34.6 Å². The van der Waals surface area contributed by atoms with Gasteiger partial charge in [-0.2, -0.15) is 0 Å². The summed E-state index contributed by atoms with van der Waals surface area (Å²) in [4.78, 5) is 16.5. The van der Waals surface area contributed by atoms with Crippen LogP contribution in [0.4, 0.5) is 0 Å². The average molecular weight is 445 g/mol. The molecule has 0 radical (unpaired) electrons. The molecular formula is C27H28N2O4. The van der Waals surface area contributed by atoms with E-state index in [1.807, 2.05) is 19.1 Å². The number of para-hydroxylation sites is 2. The first-order valence-corrected chi connectivity index (χ1v) is 11.2. The average Bonchev–Trinajstić information content (AvgIpc) is 3.14. The van der Waals surface area contributed by atoms with Crippen LogP contribution in [-0.2, 0) is 16.2 Å². The molecule has 33 heavy (non-hydrogen) atoms. The number of hydrogen-bond acceptors (Lipinski definition) is 4. The van der Waals surface area contributed by atoms with Crippen LogP contribution in [0.25, 0.3) is 21.8 Å². The summed E-state index contributed by atoms with van der Waals surface area (Å²) in [6.07, 6.45) is 1.72. The molecule has 0 aliphatic heterocycles. The first-order chi connectivity index (χ1) is 16.1. The second kappa shape index (κ2) is 10.2. The third kappa shape index (κ3) is 5.00. The molecule has 0 saturated carbocycles. The minimum absolute atomic E-state index is 0.359. The SMILES string of the molecule is CCC/C(=N\OCCn1c2ccccc2c2ccccc21)c1ccc(OCC(=O)O)c(C)c1. The van der Waals surface area contributed by atoms with Gasteiger partial charge in [-0.15, -0.1) is 0 Å². The first-order valence-electron chi connectivity index (χ1n) is 11.2. The van der Waals surface area contributed by atoms with Crippen LogP contribution in [0.5, 0.6) is 5.75 Å². The van der Waals surface area contributed by atoms with E-state index in [-0.39, 0.29) is 6.61 Å². The Balaban J connectivity index is 1.49. The second-order valence-corrected chi connectivity index (χ2v) is 7.97. The summed E-state index contributed by atoms with van der Waals surface area (Å²) in [5.74, 6) is -0.437. The molecule has 3 aromatic carbocycles. The fourth-order valence-electron chi connectivity index (χ4n) is 4.11. The maximum Gasteiger partial charge on any atom is 0.341 e. The molecule has 1 aromatic heterocycles. The van der Waals surface area contributed by atoms with E-state index < -0.39 is 5.97 Å². The number of nitrogens with zero attached hydrogens (tertiary/aromatic N) is 2. The van der Waals surface area contributed by atoms with Crippen molar-refractivity contribution in [3.05, 3.63) is 77.9 Å². The zero-order valence-corrected chi connectivity index (χ0v) is 19.0. The quantitative estimate of drug-likeness (QED) is 0.191. The van der Waals surface area contributed by atoms with Gasteiger partial charge in [0.05, 0.1) is 12.3 Å². The number of carboxylic acid groups (broad SMARTS) is 1. The number of aromatic nitrogens is 1. The Hall–Kier alpha value is -3.80. The molecule has 6 heteroatoms. The summed E-state index contributed by atoms with van der Waals surface area (Å²) in [5, 5.41) is 15.8. The number of carboxylic acids is 1. The maximum absolute atomic E-state index is 10.8. The summed E-state index contributed by atoms with van der Waals surface area (Å²) in [6.45, 7) is 4.78. The van der Waals surface area contributed by atoms with Crippen molar-refractivity contribution in [3.8, 4) is 5.75 Å². The third-order valence-electron chi connectivity index (χ3n) is 5.61. The standard InChI is InChI=1S/C27H28N2O4/c1-3-8-23(20-13-14-26(19(2)17-20)32-18-27(30)31)28-33-16-15-29-24-11-6-4-9-21(24)22-10-5-7-12-25(22)29/h4-7,9-14,17H,3,8,15-16,18H2,1-2H3,(H,30,31)/b28-23+. The van der Waals surface area contributed by atoms with Gasteiger partial charge in [0.25, 0.3) is 0 Å². The lowest BCUT2D eigenvalue weighted by molar-refractivity contribution is -0.139. The smallest absolute Gasteiger partial charge is 0.341 e. The lowest BCUT2D eigenvalue weighted by atomic mass is 10.0. The number of rotatable bonds is 10. The molecule has 1 N–H and O–H groups in total. The van der Waals surface area contributed by atoms with E-state index in [0.29, 0.717) is 18.9 Å². The van der Waals surface area contributed by atoms with Crippen LogP contribution in [0, 0.1) is 6.92 Å². The summed E-state index contributed by atoms with van der Waals surface area (Å²) < 4.78 is 7.61. The van der Waals surface area contributed by atoms with Gasteiger partial charge in [0.1, 0.15) is 12.4 Å². The summed E-state index contributed by atoms with van der Waals surface area (Å²) in [6, 6.07) is 22.5. The topological polar surface area (TPSA) is 73.0 Å². The van der Waals surface area contributed by atoms with E-state index in [1.165, 1.54) is 21.8 Å². The number of benzene rings is 3. The van der Waals surface area contributed by atoms with E-state index in [9.17, 15) is 4.79 Å². The number of ether oxygens (including phenoxy) is 1. The zero-order chi connectivity index (χ0) is 23.2. The number of aliphatic carboxylic acids is 1. The molecule has 170 valence electrons. The minimum Gasteiger partial charge on any atom is -0.482 e. The molecule has 4 aromatic rings. The summed E-state index contributed by atoms with van der Waals surface area (Å²) in [5.41, 5.74) is 5.06. The van der Waals surface area contributed by atoms with Gasteiger partial charge in [-0.05, 0) is 54.8 Å². The Morgan fingerprint density at radius 2 is 1.67 bits per heavy atom. The van der Waals surface area contributed by atoms with Gasteiger partial charge in [0.15, 0.2) is 6.61 Å². The van der Waals surface area contributed by atoms with Crippen molar-refractivity contribution < 1.29 is 19.5 Å². The van der Waals surface area contributed by atoms with Gasteiger partial charge in [-0.3, -0.25) is 0 Å². The molecule has 0 atom stereocenters. The van der Waals surface area contributed by atoms with E-state index >= 15 is 0 Å². The highest BCUT2D eigenvalue weighted by Crippen LogP contribution is 2.28. The number of fused-ring (bicyclic) bond motifs is 3. The van der Waals surface area contributed by atoms with Crippen LogP contribution >= 0.6 is 0 Å². The minimum atomic E-state index is -0.997. The van der Waals surface area contributed by atoms with E-state index in [4.69, 9.17) is 14.7 Å². The van der Waals surface area contributed by atoms with Gasteiger partial charge < -0.3 is 19.2 Å². The van der Waals surface area contributed by atoms with Crippen LogP contribution in [0.1, 0.15) is 30.9 Å². The number of aryl methyl sites for hydroxylation is 1. The van der Waals surface area contributed by atoms with Crippen molar-refractivity contribution in [2.45, 2.75) is 33.2 Å². The monoisotopic (exact) mass is 444 g/mol. The number of hydrogen-bond donors (Lipinski definition) is 1. The number of carbonyl (C=O) groups is 1. The predicted molar refractivity (Wildman–Crippen MR) is 131 cm³/mol. The molecular weight excluding hydrogens is 416 g/mol. The second-order valence-electron chi connectivity index (χ2n) is 7.97. The largest absolute Gasteiger partial charge is 0.482 e. The molecule has 0 unspecified atom stereocenters. The first kappa shape index (κ1) is 22.4. The highest BCUT2D eigenvalue weighted by molar-refractivity contribution is 6.08. The highest BCUT2D eigenvalue weighted by atomic mass is 16.6. The van der Waals surface area contributed by atoms with Crippen molar-refractivity contribution in [1.82, 2.24) is 4.57 Å². The lowest BCUT2D eigenvalue weighted by Crippen LogP contribution is -2.10. The Morgan fingerprint density at radius 1 is 1.00 bits per heavy atom. The molecule has 1 heterocycles. The molecule has 0 aliphatic carbocycles.